The van der Waals surface area contributed by atoms with Gasteiger partial charge in [0, 0.05) is 36.9 Å². The zero-order chi connectivity index (χ0) is 30.9. The normalized spacial score (nSPS) is 16.8. The van der Waals surface area contributed by atoms with Crippen molar-refractivity contribution in [1.82, 2.24) is 10.2 Å². The predicted molar refractivity (Wildman–Crippen MR) is 151 cm³/mol. The van der Waals surface area contributed by atoms with Crippen molar-refractivity contribution in [2.24, 2.45) is 5.73 Å². The summed E-state index contributed by atoms with van der Waals surface area (Å²) >= 11 is 0. The van der Waals surface area contributed by atoms with Crippen molar-refractivity contribution in [3.05, 3.63) is 64.7 Å². The van der Waals surface area contributed by atoms with Gasteiger partial charge in [-0.2, -0.15) is 0 Å². The maximum atomic E-state index is 14.8. The number of halogens is 2. The Kier molecular flexibility index (Phi) is 11.8. The molecule has 1 aliphatic rings. The maximum absolute atomic E-state index is 14.8. The van der Waals surface area contributed by atoms with E-state index in [0.29, 0.717) is 19.8 Å². The SMILES string of the molecule is CCCOCCOCCOc1ccc(F)c(F)c1C(=O)c1ccc(C(=O)N[C@@H]2CN(C(=O)OC(C)(C)C)C[C@H]2N)cc1. The third-order valence-corrected chi connectivity index (χ3v) is 6.23. The largest absolute Gasteiger partial charge is 0.490 e. The third kappa shape index (κ3) is 9.20. The topological polar surface area (TPSA) is 129 Å². The first kappa shape index (κ1) is 32.9. The molecule has 0 unspecified atom stereocenters. The zero-order valence-corrected chi connectivity index (χ0v) is 24.4. The highest BCUT2D eigenvalue weighted by atomic mass is 19.2. The average molecular weight is 592 g/mol. The summed E-state index contributed by atoms with van der Waals surface area (Å²) in [4.78, 5) is 39.8. The number of nitrogens with one attached hydrogen (secondary N) is 1. The molecular weight excluding hydrogens is 552 g/mol. The summed E-state index contributed by atoms with van der Waals surface area (Å²) in [7, 11) is 0. The zero-order valence-electron chi connectivity index (χ0n) is 24.4. The second-order valence-corrected chi connectivity index (χ2v) is 10.8. The van der Waals surface area contributed by atoms with Gasteiger partial charge < -0.3 is 34.9 Å². The van der Waals surface area contributed by atoms with Gasteiger partial charge in [-0.3, -0.25) is 9.59 Å². The van der Waals surface area contributed by atoms with Crippen molar-refractivity contribution in [2.45, 2.75) is 51.8 Å². The first-order chi connectivity index (χ1) is 19.9. The number of ether oxygens (including phenoxy) is 4. The van der Waals surface area contributed by atoms with Crippen molar-refractivity contribution in [3.8, 4) is 5.75 Å². The Morgan fingerprint density at radius 1 is 0.929 bits per heavy atom. The van der Waals surface area contributed by atoms with E-state index in [2.05, 4.69) is 5.32 Å². The summed E-state index contributed by atoms with van der Waals surface area (Å²) in [6.45, 7) is 9.24. The molecule has 2 amide bonds. The van der Waals surface area contributed by atoms with Gasteiger partial charge in [-0.25, -0.2) is 13.6 Å². The molecule has 3 N–H and O–H groups in total. The molecule has 2 aromatic carbocycles. The molecule has 0 spiro atoms. The second-order valence-electron chi connectivity index (χ2n) is 10.8. The molecule has 0 radical (unpaired) electrons. The molecule has 2 atom stereocenters. The lowest BCUT2D eigenvalue weighted by molar-refractivity contribution is 0.0288. The van der Waals surface area contributed by atoms with E-state index in [-0.39, 0.29) is 43.2 Å². The van der Waals surface area contributed by atoms with Gasteiger partial charge in [0.2, 0.25) is 0 Å². The second kappa shape index (κ2) is 15.0. The number of ketones is 1. The van der Waals surface area contributed by atoms with Crippen LogP contribution < -0.4 is 15.8 Å². The fourth-order valence-electron chi connectivity index (χ4n) is 4.17. The summed E-state index contributed by atoms with van der Waals surface area (Å²) in [5, 5.41) is 2.80. The molecule has 1 aliphatic heterocycles. The highest BCUT2D eigenvalue weighted by Gasteiger charge is 2.36. The Morgan fingerprint density at radius 3 is 2.19 bits per heavy atom. The van der Waals surface area contributed by atoms with Crippen LogP contribution in [0.2, 0.25) is 0 Å². The minimum atomic E-state index is -1.34. The highest BCUT2D eigenvalue weighted by molar-refractivity contribution is 6.11. The molecule has 0 saturated carbocycles. The Labute approximate surface area is 244 Å². The monoisotopic (exact) mass is 591 g/mol. The van der Waals surface area contributed by atoms with Gasteiger partial charge in [0.05, 0.1) is 25.9 Å². The van der Waals surface area contributed by atoms with Crippen LogP contribution in [0.1, 0.15) is 60.4 Å². The van der Waals surface area contributed by atoms with E-state index in [1.807, 2.05) is 6.92 Å². The number of benzene rings is 2. The van der Waals surface area contributed by atoms with Crippen molar-refractivity contribution < 1.29 is 42.1 Å². The molecule has 0 aliphatic carbocycles. The van der Waals surface area contributed by atoms with E-state index >= 15 is 0 Å². The molecule has 2 aromatic rings. The highest BCUT2D eigenvalue weighted by Crippen LogP contribution is 2.27. The standard InChI is InChI=1S/C30H39F2N3O7/c1-5-12-39-13-14-40-15-16-41-24-11-10-21(31)26(32)25(24)27(36)19-6-8-20(9-7-19)28(37)34-23-18-35(17-22(23)33)29(38)42-30(2,3)4/h6-11,22-23H,5,12-18,33H2,1-4H3,(H,34,37)/t22-,23-/m1/s1. The number of amides is 2. The third-order valence-electron chi connectivity index (χ3n) is 6.23. The van der Waals surface area contributed by atoms with E-state index in [1.54, 1.807) is 20.8 Å². The molecule has 3 rings (SSSR count). The van der Waals surface area contributed by atoms with Crippen molar-refractivity contribution >= 4 is 17.8 Å². The van der Waals surface area contributed by atoms with Crippen molar-refractivity contribution in [3.63, 3.8) is 0 Å². The van der Waals surface area contributed by atoms with Gasteiger partial charge in [0.25, 0.3) is 5.91 Å². The van der Waals surface area contributed by atoms with Gasteiger partial charge in [0.1, 0.15) is 23.5 Å². The van der Waals surface area contributed by atoms with Crippen LogP contribution >= 0.6 is 0 Å². The summed E-state index contributed by atoms with van der Waals surface area (Å²) in [6.07, 6.45) is 0.382. The van der Waals surface area contributed by atoms with Crippen LogP contribution in [0.15, 0.2) is 36.4 Å². The smallest absolute Gasteiger partial charge is 0.410 e. The molecule has 0 aromatic heterocycles. The number of nitrogens with zero attached hydrogens (tertiary/aromatic N) is 1. The van der Waals surface area contributed by atoms with Gasteiger partial charge in [-0.05, 0) is 51.5 Å². The molecule has 10 nitrogen and oxygen atoms in total. The molecule has 0 bridgehead atoms. The maximum Gasteiger partial charge on any atom is 0.410 e. The van der Waals surface area contributed by atoms with E-state index < -0.39 is 52.7 Å². The van der Waals surface area contributed by atoms with Crippen LogP contribution in [0.25, 0.3) is 0 Å². The fourth-order valence-corrected chi connectivity index (χ4v) is 4.17. The van der Waals surface area contributed by atoms with Crippen LogP contribution in [0.4, 0.5) is 13.6 Å². The summed E-state index contributed by atoms with van der Waals surface area (Å²) in [5.74, 6) is -3.94. The van der Waals surface area contributed by atoms with Gasteiger partial charge in [-0.1, -0.05) is 19.1 Å². The Bertz CT molecular complexity index is 1230. The predicted octanol–water partition coefficient (Wildman–Crippen LogP) is 3.69. The minimum absolute atomic E-state index is 0.00684. The lowest BCUT2D eigenvalue weighted by atomic mass is 10.00. The van der Waals surface area contributed by atoms with Crippen LogP contribution in [0.3, 0.4) is 0 Å². The molecule has 12 heteroatoms. The first-order valence-electron chi connectivity index (χ1n) is 13.9. The lowest BCUT2D eigenvalue weighted by Crippen LogP contribution is -2.46. The molecule has 230 valence electrons. The number of hydrogen-bond donors (Lipinski definition) is 2. The Morgan fingerprint density at radius 2 is 1.55 bits per heavy atom. The lowest BCUT2D eigenvalue weighted by Gasteiger charge is -2.24. The van der Waals surface area contributed by atoms with E-state index in [4.69, 9.17) is 24.7 Å². The number of nitrogens with two attached hydrogens (primary N) is 1. The van der Waals surface area contributed by atoms with Gasteiger partial charge in [0.15, 0.2) is 17.4 Å². The Balaban J connectivity index is 1.61. The molecule has 1 heterocycles. The Hall–Kier alpha value is -3.61. The average Bonchev–Trinajstić information content (AvgIpc) is 3.31. The molecular formula is C30H39F2N3O7. The minimum Gasteiger partial charge on any atom is -0.490 e. The van der Waals surface area contributed by atoms with Gasteiger partial charge >= 0.3 is 6.09 Å². The summed E-state index contributed by atoms with van der Waals surface area (Å²) in [5.41, 5.74) is 5.16. The number of rotatable bonds is 13. The van der Waals surface area contributed by atoms with Crippen LogP contribution in [0.5, 0.6) is 5.75 Å². The number of likely N-dealkylation sites (tertiary alicyclic amines) is 1. The van der Waals surface area contributed by atoms with E-state index in [1.165, 1.54) is 35.2 Å². The summed E-state index contributed by atoms with van der Waals surface area (Å²) < 4.78 is 50.4. The quantitative estimate of drug-likeness (QED) is 0.267. The van der Waals surface area contributed by atoms with Crippen molar-refractivity contribution in [1.29, 1.82) is 0 Å². The molecule has 1 saturated heterocycles. The first-order valence-corrected chi connectivity index (χ1v) is 13.9. The summed E-state index contributed by atoms with van der Waals surface area (Å²) in [6, 6.07) is 6.51. The van der Waals surface area contributed by atoms with Crippen LogP contribution in [-0.2, 0) is 14.2 Å². The van der Waals surface area contributed by atoms with Crippen LogP contribution in [0, 0.1) is 11.6 Å². The van der Waals surface area contributed by atoms with Crippen LogP contribution in [-0.4, -0.2) is 86.5 Å². The molecule has 42 heavy (non-hydrogen) atoms. The van der Waals surface area contributed by atoms with E-state index in [0.717, 1.165) is 12.5 Å². The molecule has 1 fully saturated rings. The van der Waals surface area contributed by atoms with Crippen molar-refractivity contribution in [2.75, 3.05) is 46.1 Å². The van der Waals surface area contributed by atoms with E-state index in [9.17, 15) is 23.2 Å². The number of carbonyl (C=O) groups is 3. The van der Waals surface area contributed by atoms with Gasteiger partial charge in [-0.15, -0.1) is 0 Å². The fraction of sp³-hybridized carbons (Fsp3) is 0.500. The number of hydrogen-bond acceptors (Lipinski definition) is 8. The number of carbonyl (C=O) groups excluding carboxylic acids is 3.